The van der Waals surface area contributed by atoms with Crippen LogP contribution in [0.25, 0.3) is 0 Å². The molecule has 8 rings (SSSR count). The summed E-state index contributed by atoms with van der Waals surface area (Å²) < 4.78 is 23.9. The molecule has 0 radical (unpaired) electrons. The van der Waals surface area contributed by atoms with Gasteiger partial charge in [0.05, 0.1) is 41.2 Å². The number of aliphatic hydroxyl groups is 2. The van der Waals surface area contributed by atoms with Gasteiger partial charge in [0.25, 0.3) is 5.97 Å². The van der Waals surface area contributed by atoms with Gasteiger partial charge in [-0.1, -0.05) is 6.92 Å². The van der Waals surface area contributed by atoms with Crippen molar-refractivity contribution in [1.29, 1.82) is 0 Å². The van der Waals surface area contributed by atoms with Crippen molar-refractivity contribution in [3.63, 3.8) is 0 Å². The highest BCUT2D eigenvalue weighted by Crippen LogP contribution is 2.74. The van der Waals surface area contributed by atoms with Crippen molar-refractivity contribution >= 4 is 6.29 Å². The van der Waals surface area contributed by atoms with Gasteiger partial charge in [-0.15, -0.1) is 0 Å². The van der Waals surface area contributed by atoms with Gasteiger partial charge in [0.2, 0.25) is 0 Å². The molecule has 0 amide bonds. The SMILES string of the molecule is C[C@@]12O[C@H]3C[C@@H](O1)[C@]1(C=O)[C@H]4CC[C@]5(C)[C@@H](c6ccc(=O)oc6)[C@@H](O)C[C@]5(O)[C@@H]4CC[C@@]1(C3)O2. The number of hydrogen-bond acceptors (Lipinski definition) is 8. The first-order chi connectivity index (χ1) is 16.1. The predicted molar refractivity (Wildman–Crippen MR) is 117 cm³/mol. The van der Waals surface area contributed by atoms with Crippen molar-refractivity contribution in [3.05, 3.63) is 34.4 Å². The van der Waals surface area contributed by atoms with Gasteiger partial charge in [0, 0.05) is 43.6 Å². The molecule has 3 saturated heterocycles. The molecular weight excluding hydrogens is 440 g/mol. The predicted octanol–water partition coefficient (Wildman–Crippen LogP) is 2.25. The zero-order chi connectivity index (χ0) is 23.7. The van der Waals surface area contributed by atoms with Gasteiger partial charge in [-0.3, -0.25) is 0 Å². The van der Waals surface area contributed by atoms with Crippen LogP contribution in [0.1, 0.15) is 70.3 Å². The molecule has 1 aromatic heterocycles. The van der Waals surface area contributed by atoms with Gasteiger partial charge in [0.1, 0.15) is 6.29 Å². The van der Waals surface area contributed by atoms with Crippen LogP contribution in [-0.2, 0) is 19.0 Å². The summed E-state index contributed by atoms with van der Waals surface area (Å²) in [7, 11) is 0. The molecule has 4 aliphatic carbocycles. The molecule has 34 heavy (non-hydrogen) atoms. The lowest BCUT2D eigenvalue weighted by molar-refractivity contribution is -0.542. The van der Waals surface area contributed by atoms with E-state index in [2.05, 4.69) is 0 Å². The van der Waals surface area contributed by atoms with E-state index >= 15 is 0 Å². The lowest BCUT2D eigenvalue weighted by Crippen LogP contribution is -2.81. The Balaban J connectivity index is 1.32. The van der Waals surface area contributed by atoms with Crippen LogP contribution >= 0.6 is 0 Å². The summed E-state index contributed by atoms with van der Waals surface area (Å²) in [6.45, 7) is 3.85. The van der Waals surface area contributed by atoms with E-state index in [-0.39, 0.29) is 36.4 Å². The van der Waals surface area contributed by atoms with Gasteiger partial charge in [0.15, 0.2) is 0 Å². The van der Waals surface area contributed by atoms with E-state index in [0.717, 1.165) is 18.3 Å². The number of rotatable bonds is 2. The first-order valence-electron chi connectivity index (χ1n) is 12.6. The third-order valence-corrected chi connectivity index (χ3v) is 10.9. The maximum Gasteiger partial charge on any atom is 0.335 e. The number of hydrogen-bond donors (Lipinski definition) is 2. The van der Waals surface area contributed by atoms with E-state index in [1.54, 1.807) is 13.0 Å². The van der Waals surface area contributed by atoms with E-state index in [1.807, 2.05) is 6.92 Å². The minimum absolute atomic E-state index is 0.0180. The lowest BCUT2D eigenvalue weighted by atomic mass is 9.40. The molecule has 3 aliphatic heterocycles. The standard InChI is InChI=1S/C26H32O8/c1-22-7-5-16-17(26(22,30)11-18(28)21(22)14-3-4-20(29)31-12-14)6-8-24-10-15-9-19(25(16,24)13-27)33-23(2,32-15)34-24/h3-4,12-13,15-19,21,28,30H,5-11H2,1-2H3/t15-,16-,17+,18-,19+,21-,22+,23+,24-,25-,26-/m0/s1. The molecule has 4 heterocycles. The molecule has 11 atom stereocenters. The van der Waals surface area contributed by atoms with Gasteiger partial charge < -0.3 is 33.6 Å². The summed E-state index contributed by atoms with van der Waals surface area (Å²) in [5.74, 6) is -1.75. The molecule has 8 heteroatoms. The van der Waals surface area contributed by atoms with E-state index in [4.69, 9.17) is 18.6 Å². The Morgan fingerprint density at radius 3 is 2.59 bits per heavy atom. The molecular formula is C26H32O8. The van der Waals surface area contributed by atoms with Gasteiger partial charge in [-0.05, 0) is 49.1 Å². The summed E-state index contributed by atoms with van der Waals surface area (Å²) >= 11 is 0. The van der Waals surface area contributed by atoms with E-state index in [9.17, 15) is 19.8 Å². The van der Waals surface area contributed by atoms with Gasteiger partial charge in [-0.2, -0.15) is 0 Å². The highest BCUT2D eigenvalue weighted by atomic mass is 16.9. The number of aldehydes is 1. The molecule has 1 aromatic rings. The zero-order valence-electron chi connectivity index (χ0n) is 19.6. The van der Waals surface area contributed by atoms with Crippen LogP contribution in [0, 0.1) is 22.7 Å². The molecule has 0 unspecified atom stereocenters. The van der Waals surface area contributed by atoms with Crippen LogP contribution in [0.15, 0.2) is 27.6 Å². The third-order valence-electron chi connectivity index (χ3n) is 10.9. The fraction of sp³-hybridized carbons (Fsp3) is 0.769. The number of carbonyl (C=O) groups is 1. The van der Waals surface area contributed by atoms with E-state index in [0.29, 0.717) is 32.1 Å². The van der Waals surface area contributed by atoms with Crippen LogP contribution in [0.4, 0.5) is 0 Å². The Morgan fingerprint density at radius 2 is 1.88 bits per heavy atom. The molecule has 2 N–H and O–H groups in total. The fourth-order valence-electron chi connectivity index (χ4n) is 9.77. The second-order valence-electron chi connectivity index (χ2n) is 12.1. The molecule has 4 saturated carbocycles. The summed E-state index contributed by atoms with van der Waals surface area (Å²) in [4.78, 5) is 24.6. The van der Waals surface area contributed by atoms with Crippen LogP contribution < -0.4 is 5.63 Å². The average Bonchev–Trinajstić information content (AvgIpc) is 2.98. The number of carbonyl (C=O) groups excluding carboxylic acids is 1. The molecule has 1 spiro atoms. The Morgan fingerprint density at radius 1 is 1.09 bits per heavy atom. The van der Waals surface area contributed by atoms with Gasteiger partial charge in [-0.25, -0.2) is 4.79 Å². The van der Waals surface area contributed by atoms with Crippen molar-refractivity contribution in [3.8, 4) is 0 Å². The van der Waals surface area contributed by atoms with Crippen LogP contribution in [0.2, 0.25) is 0 Å². The largest absolute Gasteiger partial charge is 0.431 e. The number of fused-ring (bicyclic) bond motifs is 3. The van der Waals surface area contributed by atoms with E-state index in [1.165, 1.54) is 12.3 Å². The second-order valence-corrected chi connectivity index (χ2v) is 12.1. The summed E-state index contributed by atoms with van der Waals surface area (Å²) in [6, 6.07) is 3.07. The van der Waals surface area contributed by atoms with Crippen molar-refractivity contribution < 1.29 is 33.6 Å². The third kappa shape index (κ3) is 2.28. The lowest BCUT2D eigenvalue weighted by Gasteiger charge is -2.73. The fourth-order valence-corrected chi connectivity index (χ4v) is 9.77. The number of ether oxygens (including phenoxy) is 3. The maximum absolute atomic E-state index is 13.1. The molecule has 8 nitrogen and oxygen atoms in total. The highest BCUT2D eigenvalue weighted by Gasteiger charge is 2.79. The van der Waals surface area contributed by atoms with Crippen LogP contribution in [-0.4, -0.2) is 52.0 Å². The van der Waals surface area contributed by atoms with Crippen molar-refractivity contribution in [2.45, 2.75) is 100 Å². The molecule has 7 fully saturated rings. The first kappa shape index (κ1) is 21.7. The maximum atomic E-state index is 13.1. The second kappa shape index (κ2) is 6.40. The van der Waals surface area contributed by atoms with Crippen molar-refractivity contribution in [2.24, 2.45) is 22.7 Å². The van der Waals surface area contributed by atoms with Crippen LogP contribution in [0.3, 0.4) is 0 Å². The molecule has 7 aliphatic rings. The molecule has 4 bridgehead atoms. The minimum Gasteiger partial charge on any atom is -0.431 e. The average molecular weight is 473 g/mol. The summed E-state index contributed by atoms with van der Waals surface area (Å²) in [5, 5.41) is 23.7. The minimum atomic E-state index is -1.16. The van der Waals surface area contributed by atoms with E-state index < -0.39 is 39.7 Å². The Kier molecular flexibility index (Phi) is 4.08. The Bertz CT molecular complexity index is 1100. The van der Waals surface area contributed by atoms with Gasteiger partial charge >= 0.3 is 5.63 Å². The summed E-state index contributed by atoms with van der Waals surface area (Å²) in [5.41, 5.74) is -2.97. The smallest absolute Gasteiger partial charge is 0.335 e. The monoisotopic (exact) mass is 472 g/mol. The Hall–Kier alpha value is -1.58. The highest BCUT2D eigenvalue weighted by molar-refractivity contribution is 5.66. The van der Waals surface area contributed by atoms with Crippen LogP contribution in [0.5, 0.6) is 0 Å². The first-order valence-corrected chi connectivity index (χ1v) is 12.6. The zero-order valence-corrected chi connectivity index (χ0v) is 19.6. The quantitative estimate of drug-likeness (QED) is 0.630. The Labute approximate surface area is 197 Å². The topological polar surface area (TPSA) is 115 Å². The number of aliphatic hydroxyl groups excluding tert-OH is 1. The van der Waals surface area contributed by atoms with Crippen molar-refractivity contribution in [1.82, 2.24) is 0 Å². The normalized spacial score (nSPS) is 57.1. The molecule has 0 aromatic carbocycles. The summed E-state index contributed by atoms with van der Waals surface area (Å²) in [6.07, 6.45) is 5.74. The molecule has 184 valence electrons. The van der Waals surface area contributed by atoms with Crippen molar-refractivity contribution in [2.75, 3.05) is 0 Å².